The number of ether oxygens (including phenoxy) is 1. The van der Waals surface area contributed by atoms with E-state index >= 15 is 0 Å². The summed E-state index contributed by atoms with van der Waals surface area (Å²) in [5.74, 6) is -1.41. The molecule has 6 nitrogen and oxygen atoms in total. The molecule has 1 fully saturated rings. The van der Waals surface area contributed by atoms with Crippen LogP contribution in [0.25, 0.3) is 0 Å². The van der Waals surface area contributed by atoms with Gasteiger partial charge in [0, 0.05) is 17.1 Å². The Bertz CT molecular complexity index is 661. The fourth-order valence-electron chi connectivity index (χ4n) is 2.56. The molecule has 1 aliphatic rings. The van der Waals surface area contributed by atoms with Crippen molar-refractivity contribution in [3.63, 3.8) is 0 Å². The monoisotopic (exact) mass is 377 g/mol. The first kappa shape index (κ1) is 16.3. The van der Waals surface area contributed by atoms with Crippen LogP contribution < -0.4 is 4.74 Å². The van der Waals surface area contributed by atoms with E-state index in [4.69, 9.17) is 9.84 Å². The normalized spacial score (nSPS) is 23.2. The lowest BCUT2D eigenvalue weighted by Crippen LogP contribution is -2.37. The summed E-state index contributed by atoms with van der Waals surface area (Å²) < 4.78 is 32.5. The number of nitrogens with zero attached hydrogens (tertiary/aromatic N) is 1. The number of methoxy groups -OCH3 is 1. The number of benzene rings is 1. The highest BCUT2D eigenvalue weighted by atomic mass is 79.9. The van der Waals surface area contributed by atoms with Gasteiger partial charge in [0.1, 0.15) is 10.6 Å². The highest BCUT2D eigenvalue weighted by Crippen LogP contribution is 2.35. The van der Waals surface area contributed by atoms with Gasteiger partial charge in [-0.3, -0.25) is 4.79 Å². The van der Waals surface area contributed by atoms with Crippen molar-refractivity contribution in [3.05, 3.63) is 22.7 Å². The molecular weight excluding hydrogens is 362 g/mol. The standard InChI is InChI=1S/C13H16BrNO5S/c1-8-10(13(16)17)5-6-15(8)21(18,19)12-7-9(14)3-4-11(12)20-2/h3-4,7-8,10H,5-6H2,1-2H3,(H,16,17). The molecular formula is C13H16BrNO5S. The molecule has 0 saturated carbocycles. The van der Waals surface area contributed by atoms with E-state index in [0.717, 1.165) is 0 Å². The number of sulfonamides is 1. The van der Waals surface area contributed by atoms with Crippen LogP contribution in [0.5, 0.6) is 5.75 Å². The lowest BCUT2D eigenvalue weighted by Gasteiger charge is -2.23. The minimum absolute atomic E-state index is 0.0391. The van der Waals surface area contributed by atoms with Crippen LogP contribution in [-0.4, -0.2) is 43.5 Å². The smallest absolute Gasteiger partial charge is 0.308 e. The second-order valence-electron chi connectivity index (χ2n) is 4.88. The zero-order chi connectivity index (χ0) is 15.8. The van der Waals surface area contributed by atoms with Crippen molar-refractivity contribution in [2.75, 3.05) is 13.7 Å². The molecule has 1 saturated heterocycles. The first-order chi connectivity index (χ1) is 9.78. The van der Waals surface area contributed by atoms with Crippen molar-refractivity contribution in [1.29, 1.82) is 0 Å². The second-order valence-corrected chi connectivity index (χ2v) is 7.66. The van der Waals surface area contributed by atoms with Gasteiger partial charge in [0.15, 0.2) is 0 Å². The quantitative estimate of drug-likeness (QED) is 0.866. The summed E-state index contributed by atoms with van der Waals surface area (Å²) in [5, 5.41) is 9.13. The van der Waals surface area contributed by atoms with Crippen LogP contribution in [0.3, 0.4) is 0 Å². The number of carbonyl (C=O) groups is 1. The molecule has 21 heavy (non-hydrogen) atoms. The molecule has 0 amide bonds. The molecule has 1 aliphatic heterocycles. The van der Waals surface area contributed by atoms with Gasteiger partial charge in [0.25, 0.3) is 0 Å². The number of hydrogen-bond acceptors (Lipinski definition) is 4. The number of aliphatic carboxylic acids is 1. The van der Waals surface area contributed by atoms with Gasteiger partial charge in [-0.1, -0.05) is 15.9 Å². The summed E-state index contributed by atoms with van der Waals surface area (Å²) in [5.41, 5.74) is 0. The Labute approximate surface area is 131 Å². The third-order valence-electron chi connectivity index (χ3n) is 3.73. The highest BCUT2D eigenvalue weighted by Gasteiger charge is 2.43. The van der Waals surface area contributed by atoms with Crippen molar-refractivity contribution in [1.82, 2.24) is 4.31 Å². The van der Waals surface area contributed by atoms with E-state index < -0.39 is 28.0 Å². The van der Waals surface area contributed by atoms with Crippen molar-refractivity contribution in [2.24, 2.45) is 5.92 Å². The third-order valence-corrected chi connectivity index (χ3v) is 6.23. The molecule has 1 N–H and O–H groups in total. The van der Waals surface area contributed by atoms with E-state index in [1.54, 1.807) is 19.1 Å². The summed E-state index contributed by atoms with van der Waals surface area (Å²) in [6, 6.07) is 4.13. The Balaban J connectivity index is 2.44. The van der Waals surface area contributed by atoms with Gasteiger partial charge in [-0.05, 0) is 31.5 Å². The summed E-state index contributed by atoms with van der Waals surface area (Å²) in [4.78, 5) is 11.2. The van der Waals surface area contributed by atoms with Crippen molar-refractivity contribution < 1.29 is 23.1 Å². The molecule has 0 bridgehead atoms. The number of carboxylic acid groups (broad SMARTS) is 1. The summed E-state index contributed by atoms with van der Waals surface area (Å²) in [6.07, 6.45) is 0.312. The summed E-state index contributed by atoms with van der Waals surface area (Å²) in [7, 11) is -2.41. The van der Waals surface area contributed by atoms with Gasteiger partial charge in [-0.25, -0.2) is 8.42 Å². The molecule has 1 heterocycles. The van der Waals surface area contributed by atoms with Crippen LogP contribution >= 0.6 is 15.9 Å². The zero-order valence-corrected chi connectivity index (χ0v) is 14.0. The van der Waals surface area contributed by atoms with Crippen LogP contribution in [-0.2, 0) is 14.8 Å². The fourth-order valence-corrected chi connectivity index (χ4v) is 4.94. The minimum Gasteiger partial charge on any atom is -0.495 e. The maximum absolute atomic E-state index is 12.8. The molecule has 2 atom stereocenters. The fraction of sp³-hybridized carbons (Fsp3) is 0.462. The van der Waals surface area contributed by atoms with Gasteiger partial charge >= 0.3 is 5.97 Å². The molecule has 2 rings (SSSR count). The van der Waals surface area contributed by atoms with E-state index in [-0.39, 0.29) is 17.2 Å². The lowest BCUT2D eigenvalue weighted by atomic mass is 10.0. The Morgan fingerprint density at radius 3 is 2.67 bits per heavy atom. The molecule has 116 valence electrons. The molecule has 1 aromatic carbocycles. The van der Waals surface area contributed by atoms with Crippen LogP contribution in [0.1, 0.15) is 13.3 Å². The molecule has 8 heteroatoms. The zero-order valence-electron chi connectivity index (χ0n) is 11.6. The summed E-state index contributed by atoms with van der Waals surface area (Å²) in [6.45, 7) is 1.81. The van der Waals surface area contributed by atoms with Crippen LogP contribution in [0.2, 0.25) is 0 Å². The van der Waals surface area contributed by atoms with Crippen LogP contribution in [0.15, 0.2) is 27.6 Å². The van der Waals surface area contributed by atoms with Gasteiger partial charge in [-0.15, -0.1) is 0 Å². The Morgan fingerprint density at radius 1 is 1.48 bits per heavy atom. The van der Waals surface area contributed by atoms with E-state index in [9.17, 15) is 13.2 Å². The van der Waals surface area contributed by atoms with Crippen molar-refractivity contribution in [2.45, 2.75) is 24.3 Å². The molecule has 1 aromatic rings. The van der Waals surface area contributed by atoms with Gasteiger partial charge in [0.05, 0.1) is 13.0 Å². The number of carboxylic acids is 1. The number of hydrogen-bond donors (Lipinski definition) is 1. The molecule has 2 unspecified atom stereocenters. The Hall–Kier alpha value is -1.12. The van der Waals surface area contributed by atoms with Gasteiger partial charge in [0.2, 0.25) is 10.0 Å². The topological polar surface area (TPSA) is 83.9 Å². The molecule has 0 spiro atoms. The van der Waals surface area contributed by atoms with E-state index in [0.29, 0.717) is 10.9 Å². The predicted octanol–water partition coefficient (Wildman–Crippen LogP) is 1.94. The van der Waals surface area contributed by atoms with Crippen LogP contribution in [0, 0.1) is 5.92 Å². The lowest BCUT2D eigenvalue weighted by molar-refractivity contribution is -0.142. The second kappa shape index (κ2) is 5.94. The Morgan fingerprint density at radius 2 is 2.14 bits per heavy atom. The van der Waals surface area contributed by atoms with Gasteiger partial charge < -0.3 is 9.84 Å². The average molecular weight is 378 g/mol. The van der Waals surface area contributed by atoms with E-state index in [2.05, 4.69) is 15.9 Å². The third kappa shape index (κ3) is 2.93. The van der Waals surface area contributed by atoms with E-state index in [1.165, 1.54) is 17.5 Å². The first-order valence-corrected chi connectivity index (χ1v) is 8.60. The maximum Gasteiger partial charge on any atom is 0.308 e. The Kier molecular flexibility index (Phi) is 4.60. The average Bonchev–Trinajstić information content (AvgIpc) is 2.81. The van der Waals surface area contributed by atoms with E-state index in [1.807, 2.05) is 0 Å². The molecule has 0 aliphatic carbocycles. The summed E-state index contributed by atoms with van der Waals surface area (Å²) >= 11 is 3.24. The molecule has 0 aromatic heterocycles. The SMILES string of the molecule is COc1ccc(Br)cc1S(=O)(=O)N1CCC(C(=O)O)C1C. The first-order valence-electron chi connectivity index (χ1n) is 6.37. The predicted molar refractivity (Wildman–Crippen MR) is 79.8 cm³/mol. The largest absolute Gasteiger partial charge is 0.495 e. The molecule has 0 radical (unpaired) electrons. The highest BCUT2D eigenvalue weighted by molar-refractivity contribution is 9.10. The maximum atomic E-state index is 12.8. The van der Waals surface area contributed by atoms with Crippen molar-refractivity contribution >= 4 is 31.9 Å². The van der Waals surface area contributed by atoms with Gasteiger partial charge in [-0.2, -0.15) is 4.31 Å². The number of halogens is 1. The van der Waals surface area contributed by atoms with Crippen LogP contribution in [0.4, 0.5) is 0 Å². The van der Waals surface area contributed by atoms with Crippen molar-refractivity contribution in [3.8, 4) is 5.75 Å². The minimum atomic E-state index is -3.80. The number of rotatable bonds is 4.